The van der Waals surface area contributed by atoms with E-state index in [4.69, 9.17) is 27.6 Å². The Bertz CT molecular complexity index is 551. The van der Waals surface area contributed by atoms with Crippen LogP contribution in [-0.4, -0.2) is 23.3 Å². The zero-order chi connectivity index (χ0) is 11.8. The minimum absolute atomic E-state index is 0.322. The zero-order valence-electron chi connectivity index (χ0n) is 8.78. The fourth-order valence-electron chi connectivity index (χ4n) is 1.63. The normalized spacial score (nSPS) is 15.9. The largest absolute Gasteiger partial charge is 0.420 e. The number of halogens is 2. The van der Waals surface area contributed by atoms with Gasteiger partial charge in [-0.05, 0) is 18.2 Å². The number of aromatic nitrogens is 2. The first-order valence-corrected chi connectivity index (χ1v) is 5.99. The van der Waals surface area contributed by atoms with Crippen molar-refractivity contribution in [1.29, 1.82) is 0 Å². The summed E-state index contributed by atoms with van der Waals surface area (Å²) in [6.45, 7) is 1.77. The molecule has 0 amide bonds. The van der Waals surface area contributed by atoms with Crippen LogP contribution < -0.4 is 5.32 Å². The van der Waals surface area contributed by atoms with Crippen LogP contribution in [0.5, 0.6) is 0 Å². The zero-order valence-corrected chi connectivity index (χ0v) is 10.3. The molecule has 1 saturated heterocycles. The van der Waals surface area contributed by atoms with Gasteiger partial charge in [-0.3, -0.25) is 0 Å². The van der Waals surface area contributed by atoms with E-state index in [0.29, 0.717) is 33.3 Å². The van der Waals surface area contributed by atoms with E-state index in [1.807, 2.05) is 0 Å². The molecule has 17 heavy (non-hydrogen) atoms. The van der Waals surface area contributed by atoms with Crippen molar-refractivity contribution < 1.29 is 4.42 Å². The summed E-state index contributed by atoms with van der Waals surface area (Å²) in [4.78, 5) is 0. The minimum atomic E-state index is 0.322. The van der Waals surface area contributed by atoms with Gasteiger partial charge in [-0.1, -0.05) is 23.2 Å². The molecule has 0 saturated carbocycles. The third-order valence-corrected chi connectivity index (χ3v) is 3.28. The van der Waals surface area contributed by atoms with Crippen LogP contribution in [0.4, 0.5) is 0 Å². The second-order valence-electron chi connectivity index (χ2n) is 3.92. The van der Waals surface area contributed by atoms with Gasteiger partial charge in [0.05, 0.1) is 16.5 Å². The molecule has 1 aromatic heterocycles. The molecule has 0 bridgehead atoms. The lowest BCUT2D eigenvalue weighted by molar-refractivity contribution is 0.361. The molecule has 0 atom stereocenters. The summed E-state index contributed by atoms with van der Waals surface area (Å²) in [5, 5.41) is 12.3. The molecular weight excluding hydrogens is 261 g/mol. The van der Waals surface area contributed by atoms with Gasteiger partial charge in [0.15, 0.2) is 0 Å². The summed E-state index contributed by atoms with van der Waals surface area (Å²) in [6, 6.07) is 5.19. The summed E-state index contributed by atoms with van der Waals surface area (Å²) in [7, 11) is 0. The van der Waals surface area contributed by atoms with Gasteiger partial charge in [0.25, 0.3) is 0 Å². The van der Waals surface area contributed by atoms with Crippen LogP contribution >= 0.6 is 23.2 Å². The molecule has 4 nitrogen and oxygen atoms in total. The van der Waals surface area contributed by atoms with Crippen molar-refractivity contribution in [3.05, 3.63) is 34.1 Å². The smallest absolute Gasteiger partial charge is 0.249 e. The maximum Gasteiger partial charge on any atom is 0.249 e. The highest BCUT2D eigenvalue weighted by molar-refractivity contribution is 6.36. The molecule has 0 aliphatic carbocycles. The van der Waals surface area contributed by atoms with E-state index < -0.39 is 0 Å². The van der Waals surface area contributed by atoms with Crippen LogP contribution in [0, 0.1) is 0 Å². The Morgan fingerprint density at radius 2 is 2.06 bits per heavy atom. The Morgan fingerprint density at radius 3 is 2.71 bits per heavy atom. The van der Waals surface area contributed by atoms with Crippen molar-refractivity contribution in [2.75, 3.05) is 13.1 Å². The molecule has 88 valence electrons. The molecule has 0 radical (unpaired) electrons. The molecule has 1 aliphatic heterocycles. The van der Waals surface area contributed by atoms with Gasteiger partial charge >= 0.3 is 0 Å². The lowest BCUT2D eigenvalue weighted by Gasteiger charge is -2.22. The molecule has 2 heterocycles. The van der Waals surface area contributed by atoms with Crippen LogP contribution in [0.1, 0.15) is 11.8 Å². The van der Waals surface area contributed by atoms with E-state index in [9.17, 15) is 0 Å². The van der Waals surface area contributed by atoms with Gasteiger partial charge < -0.3 is 9.73 Å². The summed E-state index contributed by atoms with van der Waals surface area (Å²) < 4.78 is 5.60. The third-order valence-electron chi connectivity index (χ3n) is 2.73. The van der Waals surface area contributed by atoms with Crippen LogP contribution in [0.3, 0.4) is 0 Å². The fraction of sp³-hybridized carbons (Fsp3) is 0.273. The third kappa shape index (κ3) is 2.04. The second-order valence-corrected chi connectivity index (χ2v) is 4.77. The van der Waals surface area contributed by atoms with E-state index in [1.165, 1.54) is 0 Å². The maximum absolute atomic E-state index is 6.08. The Balaban J connectivity index is 1.94. The van der Waals surface area contributed by atoms with Gasteiger partial charge in [0.1, 0.15) is 0 Å². The van der Waals surface area contributed by atoms with Crippen molar-refractivity contribution in [2.24, 2.45) is 0 Å². The van der Waals surface area contributed by atoms with Crippen LogP contribution in [0.2, 0.25) is 10.0 Å². The number of benzene rings is 1. The topological polar surface area (TPSA) is 51.0 Å². The SMILES string of the molecule is Clc1ccc(-c2nnc(C3CNC3)o2)c(Cl)c1. The number of hydrogen-bond donors (Lipinski definition) is 1. The number of rotatable bonds is 2. The molecule has 0 spiro atoms. The molecule has 1 N–H and O–H groups in total. The van der Waals surface area contributed by atoms with Gasteiger partial charge in [-0.15, -0.1) is 10.2 Å². The van der Waals surface area contributed by atoms with Crippen molar-refractivity contribution >= 4 is 23.2 Å². The lowest BCUT2D eigenvalue weighted by atomic mass is 10.0. The average Bonchev–Trinajstić information content (AvgIpc) is 2.64. The van der Waals surface area contributed by atoms with Gasteiger partial charge in [0, 0.05) is 18.1 Å². The van der Waals surface area contributed by atoms with Crippen molar-refractivity contribution in [3.63, 3.8) is 0 Å². The summed E-state index contributed by atoms with van der Waals surface area (Å²) in [5.74, 6) is 1.42. The molecular formula is C11H9Cl2N3O. The summed E-state index contributed by atoms with van der Waals surface area (Å²) in [6.07, 6.45) is 0. The first kappa shape index (κ1) is 11.0. The van der Waals surface area contributed by atoms with Gasteiger partial charge in [-0.25, -0.2) is 0 Å². The number of nitrogens with one attached hydrogen (secondary N) is 1. The molecule has 0 unspecified atom stereocenters. The second kappa shape index (κ2) is 4.29. The summed E-state index contributed by atoms with van der Waals surface area (Å²) in [5.41, 5.74) is 0.710. The highest BCUT2D eigenvalue weighted by Crippen LogP contribution is 2.30. The van der Waals surface area contributed by atoms with E-state index in [-0.39, 0.29) is 0 Å². The standard InChI is InChI=1S/C11H9Cl2N3O/c12-7-1-2-8(9(13)3-7)11-16-15-10(17-11)6-4-14-5-6/h1-3,6,14H,4-5H2. The summed E-state index contributed by atoms with van der Waals surface area (Å²) >= 11 is 11.9. The molecule has 1 aromatic carbocycles. The average molecular weight is 270 g/mol. The van der Waals surface area contributed by atoms with E-state index in [1.54, 1.807) is 18.2 Å². The Labute approximate surface area is 108 Å². The Kier molecular flexibility index (Phi) is 2.78. The Hall–Kier alpha value is -1.10. The van der Waals surface area contributed by atoms with Gasteiger partial charge in [-0.2, -0.15) is 0 Å². The quantitative estimate of drug-likeness (QED) is 0.911. The fourth-order valence-corrected chi connectivity index (χ4v) is 2.12. The highest BCUT2D eigenvalue weighted by Gasteiger charge is 2.25. The first-order valence-electron chi connectivity index (χ1n) is 5.23. The first-order chi connectivity index (χ1) is 8.24. The molecule has 2 aromatic rings. The lowest BCUT2D eigenvalue weighted by Crippen LogP contribution is -2.40. The van der Waals surface area contributed by atoms with E-state index in [0.717, 1.165) is 13.1 Å². The van der Waals surface area contributed by atoms with E-state index in [2.05, 4.69) is 15.5 Å². The van der Waals surface area contributed by atoms with Crippen LogP contribution in [-0.2, 0) is 0 Å². The van der Waals surface area contributed by atoms with Crippen LogP contribution in [0.25, 0.3) is 11.5 Å². The predicted molar refractivity (Wildman–Crippen MR) is 65.4 cm³/mol. The van der Waals surface area contributed by atoms with Gasteiger partial charge in [0.2, 0.25) is 11.8 Å². The monoisotopic (exact) mass is 269 g/mol. The predicted octanol–water partition coefficient (Wildman–Crippen LogP) is 2.73. The van der Waals surface area contributed by atoms with E-state index >= 15 is 0 Å². The number of hydrogen-bond acceptors (Lipinski definition) is 4. The molecule has 6 heteroatoms. The minimum Gasteiger partial charge on any atom is -0.420 e. The van der Waals surface area contributed by atoms with Crippen molar-refractivity contribution in [1.82, 2.24) is 15.5 Å². The van der Waals surface area contributed by atoms with Crippen LogP contribution in [0.15, 0.2) is 22.6 Å². The Morgan fingerprint density at radius 1 is 1.24 bits per heavy atom. The maximum atomic E-state index is 6.08. The number of nitrogens with zero attached hydrogens (tertiary/aromatic N) is 2. The van der Waals surface area contributed by atoms with Crippen molar-refractivity contribution in [2.45, 2.75) is 5.92 Å². The van der Waals surface area contributed by atoms with Crippen molar-refractivity contribution in [3.8, 4) is 11.5 Å². The molecule has 3 rings (SSSR count). The highest BCUT2D eigenvalue weighted by atomic mass is 35.5. The molecule has 1 aliphatic rings. The molecule has 1 fully saturated rings.